The quantitative estimate of drug-likeness (QED) is 0.752. The predicted molar refractivity (Wildman–Crippen MR) is 107 cm³/mol. The molecule has 28 heavy (non-hydrogen) atoms. The van der Waals surface area contributed by atoms with E-state index in [2.05, 4.69) is 5.32 Å². The van der Waals surface area contributed by atoms with Crippen LogP contribution in [0, 0.1) is 0 Å². The lowest BCUT2D eigenvalue weighted by molar-refractivity contribution is -0.146. The van der Waals surface area contributed by atoms with Gasteiger partial charge in [-0.05, 0) is 30.7 Å². The molecule has 2 atom stereocenters. The van der Waals surface area contributed by atoms with E-state index in [0.717, 1.165) is 11.3 Å². The molecule has 0 aromatic heterocycles. The van der Waals surface area contributed by atoms with E-state index >= 15 is 0 Å². The number of hydrogen-bond donors (Lipinski definition) is 1. The van der Waals surface area contributed by atoms with Gasteiger partial charge in [0.2, 0.25) is 0 Å². The first-order valence-electron chi connectivity index (χ1n) is 9.02. The van der Waals surface area contributed by atoms with Crippen molar-refractivity contribution in [1.82, 2.24) is 10.2 Å². The molecule has 1 saturated heterocycles. The fraction of sp³-hybridized carbons (Fsp3) is 0.333. The standard InChI is InChI=1S/C21H23ClN2O4/c1-27-19-9-4-3-6-15(19)12-24-13-17(11-18(24)21(26)28-2)23-20(25)14-7-5-8-16(22)10-14/h3-10,17-18H,11-13H2,1-2H3,(H,23,25)/t17-,18-/m0/s1. The number of likely N-dealkylation sites (tertiary alicyclic amines) is 1. The van der Waals surface area contributed by atoms with E-state index in [1.165, 1.54) is 7.11 Å². The number of carbonyl (C=O) groups excluding carboxylic acids is 2. The lowest BCUT2D eigenvalue weighted by Gasteiger charge is -2.23. The number of amides is 1. The van der Waals surface area contributed by atoms with Crippen LogP contribution in [-0.2, 0) is 16.1 Å². The largest absolute Gasteiger partial charge is 0.496 e. The molecule has 1 N–H and O–H groups in total. The summed E-state index contributed by atoms with van der Waals surface area (Å²) < 4.78 is 10.4. The van der Waals surface area contributed by atoms with Crippen LogP contribution in [-0.4, -0.2) is 49.6 Å². The van der Waals surface area contributed by atoms with Gasteiger partial charge in [0.25, 0.3) is 5.91 Å². The highest BCUT2D eigenvalue weighted by molar-refractivity contribution is 6.30. The minimum Gasteiger partial charge on any atom is -0.496 e. The lowest BCUT2D eigenvalue weighted by Crippen LogP contribution is -2.37. The van der Waals surface area contributed by atoms with Gasteiger partial charge in [-0.3, -0.25) is 14.5 Å². The van der Waals surface area contributed by atoms with Crippen LogP contribution in [0.2, 0.25) is 5.02 Å². The Balaban J connectivity index is 1.73. The number of methoxy groups -OCH3 is 2. The maximum absolute atomic E-state index is 12.5. The van der Waals surface area contributed by atoms with Crippen LogP contribution in [0.4, 0.5) is 0 Å². The minimum absolute atomic E-state index is 0.176. The van der Waals surface area contributed by atoms with Crippen LogP contribution < -0.4 is 10.1 Å². The number of para-hydroxylation sites is 1. The highest BCUT2D eigenvalue weighted by Crippen LogP contribution is 2.26. The second kappa shape index (κ2) is 9.08. The molecule has 7 heteroatoms. The van der Waals surface area contributed by atoms with Crippen LogP contribution in [0.15, 0.2) is 48.5 Å². The van der Waals surface area contributed by atoms with Crippen molar-refractivity contribution < 1.29 is 19.1 Å². The number of hydrogen-bond acceptors (Lipinski definition) is 5. The first kappa shape index (κ1) is 20.2. The molecule has 2 aromatic rings. The van der Waals surface area contributed by atoms with E-state index in [4.69, 9.17) is 21.1 Å². The number of nitrogens with zero attached hydrogens (tertiary/aromatic N) is 1. The Labute approximate surface area is 169 Å². The van der Waals surface area contributed by atoms with E-state index < -0.39 is 6.04 Å². The van der Waals surface area contributed by atoms with Gasteiger partial charge >= 0.3 is 5.97 Å². The summed E-state index contributed by atoms with van der Waals surface area (Å²) in [6.07, 6.45) is 0.480. The average molecular weight is 403 g/mol. The maximum Gasteiger partial charge on any atom is 0.323 e. The summed E-state index contributed by atoms with van der Waals surface area (Å²) >= 11 is 5.97. The topological polar surface area (TPSA) is 67.9 Å². The molecule has 2 aromatic carbocycles. The third-order valence-electron chi connectivity index (χ3n) is 4.86. The molecule has 0 saturated carbocycles. The predicted octanol–water partition coefficient (Wildman–Crippen LogP) is 2.89. The Kier molecular flexibility index (Phi) is 6.54. The Morgan fingerprint density at radius 2 is 1.96 bits per heavy atom. The van der Waals surface area contributed by atoms with Gasteiger partial charge in [0, 0.05) is 35.3 Å². The first-order chi connectivity index (χ1) is 13.5. The Hall–Kier alpha value is -2.57. The highest BCUT2D eigenvalue weighted by atomic mass is 35.5. The number of benzene rings is 2. The summed E-state index contributed by atoms with van der Waals surface area (Å²) in [5, 5.41) is 3.50. The highest BCUT2D eigenvalue weighted by Gasteiger charge is 2.38. The fourth-order valence-electron chi connectivity index (χ4n) is 3.51. The van der Waals surface area contributed by atoms with Crippen LogP contribution in [0.25, 0.3) is 0 Å². The third-order valence-corrected chi connectivity index (χ3v) is 5.10. The zero-order valence-corrected chi connectivity index (χ0v) is 16.6. The number of carbonyl (C=O) groups is 2. The second-order valence-electron chi connectivity index (χ2n) is 6.70. The van der Waals surface area contributed by atoms with Gasteiger partial charge in [-0.25, -0.2) is 0 Å². The van der Waals surface area contributed by atoms with Gasteiger partial charge in [0.05, 0.1) is 14.2 Å². The summed E-state index contributed by atoms with van der Waals surface area (Å²) in [5.74, 6) is 0.238. The Morgan fingerprint density at radius 3 is 2.68 bits per heavy atom. The number of halogens is 1. The monoisotopic (exact) mass is 402 g/mol. The van der Waals surface area contributed by atoms with Crippen LogP contribution in [0.1, 0.15) is 22.3 Å². The molecular weight excluding hydrogens is 380 g/mol. The second-order valence-corrected chi connectivity index (χ2v) is 7.13. The van der Waals surface area contributed by atoms with Gasteiger partial charge in [0.15, 0.2) is 0 Å². The molecule has 1 amide bonds. The number of esters is 1. The van der Waals surface area contributed by atoms with Crippen molar-refractivity contribution in [3.63, 3.8) is 0 Å². The summed E-state index contributed by atoms with van der Waals surface area (Å²) in [7, 11) is 3.00. The van der Waals surface area contributed by atoms with Crippen LogP contribution in [0.5, 0.6) is 5.75 Å². The molecule has 0 spiro atoms. The number of ether oxygens (including phenoxy) is 2. The summed E-state index contributed by atoms with van der Waals surface area (Å²) in [5.41, 5.74) is 1.46. The van der Waals surface area contributed by atoms with Crippen molar-refractivity contribution in [1.29, 1.82) is 0 Å². The van der Waals surface area contributed by atoms with Crippen molar-refractivity contribution in [2.75, 3.05) is 20.8 Å². The van der Waals surface area contributed by atoms with Crippen molar-refractivity contribution >= 4 is 23.5 Å². The molecule has 1 aliphatic heterocycles. The van der Waals surface area contributed by atoms with Crippen molar-refractivity contribution in [2.24, 2.45) is 0 Å². The Morgan fingerprint density at radius 1 is 1.18 bits per heavy atom. The zero-order chi connectivity index (χ0) is 20.1. The van der Waals surface area contributed by atoms with E-state index in [1.54, 1.807) is 31.4 Å². The normalized spacial score (nSPS) is 19.2. The van der Waals surface area contributed by atoms with Crippen molar-refractivity contribution in [3.05, 3.63) is 64.7 Å². The molecule has 1 heterocycles. The van der Waals surface area contributed by atoms with Gasteiger partial charge in [-0.2, -0.15) is 0 Å². The Bertz CT molecular complexity index is 858. The fourth-order valence-corrected chi connectivity index (χ4v) is 3.71. The molecule has 0 bridgehead atoms. The molecule has 3 rings (SSSR count). The lowest BCUT2D eigenvalue weighted by atomic mass is 10.1. The van der Waals surface area contributed by atoms with Gasteiger partial charge in [-0.1, -0.05) is 35.9 Å². The smallest absolute Gasteiger partial charge is 0.323 e. The molecule has 1 aliphatic rings. The summed E-state index contributed by atoms with van der Waals surface area (Å²) in [4.78, 5) is 26.8. The van der Waals surface area contributed by atoms with E-state index in [0.29, 0.717) is 30.1 Å². The molecule has 0 aliphatic carbocycles. The van der Waals surface area contributed by atoms with Crippen LogP contribution in [0.3, 0.4) is 0 Å². The van der Waals surface area contributed by atoms with E-state index in [-0.39, 0.29) is 17.9 Å². The molecular formula is C21H23ClN2O4. The maximum atomic E-state index is 12.5. The van der Waals surface area contributed by atoms with Crippen molar-refractivity contribution in [3.8, 4) is 5.75 Å². The summed E-state index contributed by atoms with van der Waals surface area (Å²) in [6, 6.07) is 13.9. The SMILES string of the molecule is COC(=O)[C@@H]1C[C@H](NC(=O)c2cccc(Cl)c2)CN1Cc1ccccc1OC. The van der Waals surface area contributed by atoms with Gasteiger partial charge < -0.3 is 14.8 Å². The first-order valence-corrected chi connectivity index (χ1v) is 9.39. The molecule has 6 nitrogen and oxygen atoms in total. The molecule has 1 fully saturated rings. The average Bonchev–Trinajstić information content (AvgIpc) is 3.09. The van der Waals surface area contributed by atoms with Gasteiger partial charge in [-0.15, -0.1) is 0 Å². The van der Waals surface area contributed by atoms with Crippen molar-refractivity contribution in [2.45, 2.75) is 25.0 Å². The summed E-state index contributed by atoms with van der Waals surface area (Å²) in [6.45, 7) is 1.05. The van der Waals surface area contributed by atoms with E-state index in [1.807, 2.05) is 29.2 Å². The minimum atomic E-state index is -0.431. The van der Waals surface area contributed by atoms with Gasteiger partial charge in [0.1, 0.15) is 11.8 Å². The molecule has 148 valence electrons. The van der Waals surface area contributed by atoms with E-state index in [9.17, 15) is 9.59 Å². The molecule has 0 unspecified atom stereocenters. The molecule has 0 radical (unpaired) electrons. The zero-order valence-electron chi connectivity index (χ0n) is 15.9. The number of nitrogens with one attached hydrogen (secondary N) is 1. The number of rotatable bonds is 6. The third kappa shape index (κ3) is 4.64. The van der Waals surface area contributed by atoms with Crippen LogP contribution >= 0.6 is 11.6 Å².